The first-order chi connectivity index (χ1) is 67.5. The Morgan fingerprint density at radius 2 is 1.14 bits per heavy atom. The number of ether oxygens (including phenoxy) is 1. The number of aromatic nitrogens is 10. The van der Waals surface area contributed by atoms with Gasteiger partial charge in [-0.3, -0.25) is 34.0 Å². The zero-order chi connectivity index (χ0) is 97.4. The molecule has 19 rings (SSSR count). The van der Waals surface area contributed by atoms with E-state index in [4.69, 9.17) is 31.2 Å². The lowest BCUT2D eigenvalue weighted by atomic mass is 9.71. The quantitative estimate of drug-likeness (QED) is 0.0192. The van der Waals surface area contributed by atoms with Gasteiger partial charge in [0.2, 0.25) is 29.6 Å². The number of benzene rings is 6. The van der Waals surface area contributed by atoms with Crippen LogP contribution in [0.3, 0.4) is 0 Å². The molecule has 7 amide bonds. The molecule has 728 valence electrons. The maximum absolute atomic E-state index is 16.3. The molecule has 12 heterocycles. The molecular weight excluding hydrogens is 1820 g/mol. The van der Waals surface area contributed by atoms with Crippen LogP contribution in [0.4, 0.5) is 38.1 Å². The van der Waals surface area contributed by atoms with Crippen LogP contribution in [0.15, 0.2) is 175 Å². The smallest absolute Gasteiger partial charge is 0.318 e. The average Bonchev–Trinajstić information content (AvgIpc) is 1.62. The number of H-pyrrole nitrogens is 1. The minimum Gasteiger partial charge on any atom is -0.507 e. The highest BCUT2D eigenvalue weighted by atomic mass is 32.1. The van der Waals surface area contributed by atoms with E-state index in [1.54, 1.807) is 86.2 Å². The average molecular weight is 1940 g/mol. The van der Waals surface area contributed by atoms with Crippen LogP contribution in [0.2, 0.25) is 0 Å². The summed E-state index contributed by atoms with van der Waals surface area (Å²) in [6.45, 7) is 14.4. The number of nitrogen functional groups attached to an aromatic ring is 2. The highest BCUT2D eigenvalue weighted by Crippen LogP contribution is 2.46. The molecule has 13 N–H and O–H groups in total. The van der Waals surface area contributed by atoms with Crippen molar-refractivity contribution in [1.29, 1.82) is 0 Å². The van der Waals surface area contributed by atoms with Gasteiger partial charge in [-0.15, -0.1) is 43.1 Å². The summed E-state index contributed by atoms with van der Waals surface area (Å²) in [5.41, 5.74) is 25.0. The Labute approximate surface area is 817 Å². The zero-order valence-corrected chi connectivity index (χ0v) is 80.4. The molecular formula is C103H116FN23O11S2. The number of aliphatic hydroxyl groups excluding tert-OH is 2. The summed E-state index contributed by atoms with van der Waals surface area (Å²) in [5.74, 6) is -1.57. The minimum absolute atomic E-state index is 0.0192. The largest absolute Gasteiger partial charge is 0.507 e. The Morgan fingerprint density at radius 3 is 1.74 bits per heavy atom. The number of hydrogen-bond acceptors (Lipinski definition) is 28. The van der Waals surface area contributed by atoms with Crippen LogP contribution in [-0.2, 0) is 50.0 Å². The van der Waals surface area contributed by atoms with Crippen molar-refractivity contribution >= 4 is 98.1 Å². The van der Waals surface area contributed by atoms with Crippen LogP contribution in [0.1, 0.15) is 131 Å². The number of nitrogens with one attached hydrogen (secondary N) is 5. The second-order valence-corrected chi connectivity index (χ2v) is 41.1. The van der Waals surface area contributed by atoms with Gasteiger partial charge in [-0.2, -0.15) is 5.10 Å². The van der Waals surface area contributed by atoms with Crippen molar-refractivity contribution in [1.82, 2.24) is 91.4 Å². The second-order valence-electron chi connectivity index (χ2n) is 39.4. The second kappa shape index (κ2) is 40.1. The molecule has 6 aromatic carbocycles. The number of phenolic OH excluding ortho intramolecular Hbond substituents is 2. The molecule has 37 heteroatoms. The van der Waals surface area contributed by atoms with Crippen molar-refractivity contribution in [3.63, 3.8) is 0 Å². The number of para-hydroxylation sites is 2. The number of urea groups is 1. The van der Waals surface area contributed by atoms with Gasteiger partial charge in [0.25, 0.3) is 5.91 Å². The van der Waals surface area contributed by atoms with E-state index < -0.39 is 88.4 Å². The number of aliphatic hydroxyl groups is 2. The van der Waals surface area contributed by atoms with Crippen molar-refractivity contribution in [2.75, 3.05) is 98.2 Å². The molecule has 1 saturated carbocycles. The number of aromatic hydroxyl groups is 2. The molecule has 12 aromatic rings. The third-order valence-electron chi connectivity index (χ3n) is 29.1. The number of alkyl halides is 1. The van der Waals surface area contributed by atoms with Crippen molar-refractivity contribution < 1.29 is 58.3 Å². The van der Waals surface area contributed by atoms with Crippen molar-refractivity contribution in [3.05, 3.63) is 209 Å². The number of amides is 7. The van der Waals surface area contributed by atoms with Crippen LogP contribution in [-0.4, -0.2) is 252 Å². The van der Waals surface area contributed by atoms with Crippen LogP contribution >= 0.6 is 22.7 Å². The number of carbonyl (C=O) groups is 6. The van der Waals surface area contributed by atoms with Gasteiger partial charge in [0.15, 0.2) is 17.3 Å². The number of aromatic amines is 1. The lowest BCUT2D eigenvalue weighted by Crippen LogP contribution is -2.61. The van der Waals surface area contributed by atoms with E-state index >= 15 is 23.6 Å². The van der Waals surface area contributed by atoms with Crippen molar-refractivity contribution in [2.24, 2.45) is 10.8 Å². The monoisotopic (exact) mass is 1930 g/mol. The van der Waals surface area contributed by atoms with E-state index in [1.165, 1.54) is 32.5 Å². The van der Waals surface area contributed by atoms with E-state index in [-0.39, 0.29) is 101 Å². The molecule has 34 nitrogen and oxygen atoms in total. The highest BCUT2D eigenvalue weighted by Gasteiger charge is 2.55. The minimum atomic E-state index is -2.26. The Morgan fingerprint density at radius 1 is 0.586 bits per heavy atom. The van der Waals surface area contributed by atoms with E-state index in [1.807, 2.05) is 104 Å². The number of carbonyl (C=O) groups excluding carboxylic acids is 6. The number of thiazole rings is 2. The molecule has 0 radical (unpaired) electrons. The molecule has 6 saturated heterocycles. The normalized spacial score (nSPS) is 19.8. The number of likely N-dealkylation sites (tertiary alicyclic amines) is 3. The van der Waals surface area contributed by atoms with Crippen LogP contribution in [0.25, 0.3) is 65.6 Å². The fraction of sp³-hybridized carbons (Fsp3) is 0.408. The van der Waals surface area contributed by atoms with Gasteiger partial charge in [-0.05, 0) is 157 Å². The highest BCUT2D eigenvalue weighted by molar-refractivity contribution is 7.14. The number of rotatable bonds is 31. The van der Waals surface area contributed by atoms with Gasteiger partial charge in [0, 0.05) is 156 Å². The molecule has 0 spiro atoms. The van der Waals surface area contributed by atoms with E-state index in [2.05, 4.69) is 101 Å². The number of piperidine rings is 1. The summed E-state index contributed by atoms with van der Waals surface area (Å²) in [4.78, 5) is 125. The maximum atomic E-state index is 16.3. The van der Waals surface area contributed by atoms with Crippen LogP contribution in [0.5, 0.6) is 17.2 Å². The predicted octanol–water partition coefficient (Wildman–Crippen LogP) is 11.5. The van der Waals surface area contributed by atoms with E-state index in [0.717, 1.165) is 115 Å². The molecule has 6 aliphatic heterocycles. The van der Waals surface area contributed by atoms with E-state index in [0.29, 0.717) is 110 Å². The molecule has 2 unspecified atom stereocenters. The fourth-order valence-electron chi connectivity index (χ4n) is 20.5. The number of nitrogens with zero attached hydrogens (tertiary/aromatic N) is 16. The first-order valence-corrected chi connectivity index (χ1v) is 49.7. The Balaban J connectivity index is 0.529. The standard InChI is InChI=1S/C103H116FN23O11S2/c1-60-88(139-58-111-60)65-20-18-62(19-21-65)48-107-94(132)82-44-73(128)57-126(82)97(135)91(115-100(137)123-35-28-64(29-36-123)70-50-109-99(110-51-70)127-71-26-27-72(127)55-124(54-71)81-47-79(118-120-93(81)106)76-11-7-9-13-85(76)131)102(4,5)32-31-101(2,3)90(114-98(136)103(104)33-34-103)96(134)125-56-74(129)45-83(125)95(133)108-49-69-25-23-67(89-87(112-59-140-89)66-22-24-68-52-113-116-77(68)42-66)43-86(69)138-41-30-61-14-16-63(17-15-61)53-121-37-39-122(40-38-121)80-46-78(117-119-92(80)105)75-10-6-8-12-84(75)130/h6-25,42-43,46-47,50-52,58-59,64,71-74,82-83,90-91,128-131H,26-41,44-45,48-49,53-57H2,1-5H3,(H2,105,119)(H2,106,120)(H,107,132)(H,108,133)(H,113,116)(H,114,136)(H,115,137)/t71?,72?,73-,74-,82+,83+,90-,91-/m1/s1. The van der Waals surface area contributed by atoms with E-state index in [9.17, 15) is 30.0 Å². The van der Waals surface area contributed by atoms with Gasteiger partial charge in [-0.1, -0.05) is 125 Å². The van der Waals surface area contributed by atoms with Crippen LogP contribution < -0.4 is 52.2 Å². The topological polar surface area (TPSA) is 447 Å². The third-order valence-corrected chi connectivity index (χ3v) is 30.9. The summed E-state index contributed by atoms with van der Waals surface area (Å²) in [5, 5.41) is 81.7. The third kappa shape index (κ3) is 20.5. The number of aryl methyl sites for hydroxylation is 1. The number of hydrogen-bond donors (Lipinski definition) is 11. The zero-order valence-electron chi connectivity index (χ0n) is 78.8. The summed E-state index contributed by atoms with van der Waals surface area (Å²) in [6.07, 6.45) is 6.38. The summed E-state index contributed by atoms with van der Waals surface area (Å²) < 4.78 is 23.0. The molecule has 6 aromatic heterocycles. The number of phenols is 2. The SMILES string of the molecule is Cc1ncsc1-c1ccc(CNC(=O)[C@@H]2C[C@@H](O)CN2C(=O)[C@@H](NC(=O)N2CCC(c3cnc(N4C5CCC4CN(c4cc(-c6ccccc6O)nnc4N)C5)nc3)CC2)C(C)(C)CCC(C)(C)[C@H](NC(=O)C2(F)CC2)C(=O)N2C[C@H](O)C[C@H]2C(=O)NCc2ccc(-c3scnc3-c3ccc4cn[nH]c4c3)cc2OCCc2ccc(CN3CCN(c4cc(-c5ccccc5O)nnc4N)CC3)cc2)cc1. The van der Waals surface area contributed by atoms with Crippen molar-refractivity contribution in [2.45, 2.75) is 185 Å². The lowest BCUT2D eigenvalue weighted by molar-refractivity contribution is -0.145. The maximum Gasteiger partial charge on any atom is 0.318 e. The molecule has 7 aliphatic rings. The molecule has 1 aliphatic carbocycles. The summed E-state index contributed by atoms with van der Waals surface area (Å²) in [6, 6.07) is 40.0. The molecule has 8 atom stereocenters. The van der Waals surface area contributed by atoms with Gasteiger partial charge in [0.1, 0.15) is 41.4 Å². The fourth-order valence-corrected chi connectivity index (χ4v) is 22.1. The van der Waals surface area contributed by atoms with Crippen molar-refractivity contribution in [3.8, 4) is 71.9 Å². The first-order valence-electron chi connectivity index (χ1n) is 48.0. The van der Waals surface area contributed by atoms with Crippen LogP contribution in [0, 0.1) is 17.8 Å². The first kappa shape index (κ1) is 95.1. The Kier molecular flexibility index (Phi) is 27.3. The van der Waals surface area contributed by atoms with Gasteiger partial charge < -0.3 is 87.3 Å². The molecule has 7 fully saturated rings. The number of fused-ring (bicyclic) bond motifs is 3. The number of β-amino-alcohol motifs (C(OH)–C–C–N with tert-alkyl or cyclic N) is 2. The van der Waals surface area contributed by atoms with Gasteiger partial charge >= 0.3 is 6.03 Å². The number of nitrogens with two attached hydrogens (primary N) is 2. The number of halogens is 1. The Hall–Kier alpha value is -13.9. The van der Waals surface area contributed by atoms with Gasteiger partial charge in [0.05, 0.1) is 85.5 Å². The molecule has 2 bridgehead atoms. The predicted molar refractivity (Wildman–Crippen MR) is 532 cm³/mol. The molecule has 140 heavy (non-hydrogen) atoms. The summed E-state index contributed by atoms with van der Waals surface area (Å²) >= 11 is 3.00. The number of anilines is 5. The summed E-state index contributed by atoms with van der Waals surface area (Å²) in [7, 11) is 0. The number of piperazine rings is 2. The Bertz CT molecular complexity index is 6550. The lowest BCUT2D eigenvalue weighted by Gasteiger charge is -2.43. The van der Waals surface area contributed by atoms with Gasteiger partial charge in [-0.25, -0.2) is 29.1 Å².